The third kappa shape index (κ3) is 2.27. The average molecular weight is 213 g/mol. The molecule has 1 unspecified atom stereocenters. The molecule has 1 amide bonds. The summed E-state index contributed by atoms with van der Waals surface area (Å²) in [7, 11) is 0. The Bertz CT molecular complexity index is 163. The van der Waals surface area contributed by atoms with Crippen LogP contribution in [0.1, 0.15) is 0 Å². The molecule has 1 rings (SSSR count). The molecule has 1 fully saturated rings. The van der Waals surface area contributed by atoms with Gasteiger partial charge in [-0.3, -0.25) is 4.79 Å². The van der Waals surface area contributed by atoms with E-state index >= 15 is 0 Å². The molecule has 0 spiro atoms. The molecule has 1 heterocycles. The second-order valence-electron chi connectivity index (χ2n) is 1.63. The van der Waals surface area contributed by atoms with Crippen LogP contribution in [0.5, 0.6) is 0 Å². The van der Waals surface area contributed by atoms with Crippen molar-refractivity contribution in [2.45, 2.75) is 6.04 Å². The maximum atomic E-state index is 10.3. The van der Waals surface area contributed by atoms with E-state index in [1.54, 1.807) is 0 Å². The van der Waals surface area contributed by atoms with Crippen molar-refractivity contribution in [3.63, 3.8) is 0 Å². The van der Waals surface area contributed by atoms with Gasteiger partial charge in [-0.05, 0) is 0 Å². The molecule has 2 N–H and O–H groups in total. The summed E-state index contributed by atoms with van der Waals surface area (Å²) in [6, 6.07) is -0.678. The molecule has 1 atom stereocenters. The quantitative estimate of drug-likeness (QED) is 0.596. The van der Waals surface area contributed by atoms with Gasteiger partial charge in [-0.2, -0.15) is 0 Å². The molecule has 10 heavy (non-hydrogen) atoms. The molecular weight excluding hydrogens is 208 g/mol. The second kappa shape index (κ2) is 3.93. The monoisotopic (exact) mass is 211 g/mol. The zero-order valence-corrected chi connectivity index (χ0v) is 8.95. The number of carbonyl (C=O) groups excluding carboxylic acids is 1. The van der Waals surface area contributed by atoms with Crippen LogP contribution in [-0.4, -0.2) is 28.1 Å². The number of hydrogen-bond acceptors (Lipinski definition) is 3. The predicted molar refractivity (Wildman–Crippen MR) is 32.4 cm³/mol. The van der Waals surface area contributed by atoms with Crippen LogP contribution in [0.4, 0.5) is 4.79 Å². The minimum atomic E-state index is -0.964. The van der Waals surface area contributed by atoms with Crippen molar-refractivity contribution in [2.75, 3.05) is 5.75 Å². The van der Waals surface area contributed by atoms with E-state index < -0.39 is 12.0 Å². The molecule has 4 nitrogen and oxygen atoms in total. The van der Waals surface area contributed by atoms with E-state index in [0.717, 1.165) is 11.8 Å². The van der Waals surface area contributed by atoms with Gasteiger partial charge in [-0.25, -0.2) is 4.79 Å². The SMILES string of the molecule is O=C1NC(C(=O)O)CS1.[Zn]. The molecule has 1 saturated heterocycles. The van der Waals surface area contributed by atoms with Gasteiger partial charge in [0.05, 0.1) is 0 Å². The maximum Gasteiger partial charge on any atom is 0.327 e. The van der Waals surface area contributed by atoms with Gasteiger partial charge >= 0.3 is 5.97 Å². The summed E-state index contributed by atoms with van der Waals surface area (Å²) in [5, 5.41) is 10.3. The molecule has 1 aliphatic heterocycles. The molecule has 0 aliphatic carbocycles. The Kier molecular flexibility index (Phi) is 3.90. The first-order chi connectivity index (χ1) is 4.20. The van der Waals surface area contributed by atoms with Gasteiger partial charge in [0.2, 0.25) is 0 Å². The average Bonchev–Trinajstić information content (AvgIpc) is 2.14. The Labute approximate surface area is 74.5 Å². The summed E-state index contributed by atoms with van der Waals surface area (Å²) in [5.74, 6) is -0.623. The van der Waals surface area contributed by atoms with Crippen LogP contribution >= 0.6 is 11.8 Å². The van der Waals surface area contributed by atoms with Crippen molar-refractivity contribution in [3.05, 3.63) is 0 Å². The summed E-state index contributed by atoms with van der Waals surface area (Å²) in [4.78, 5) is 20.5. The topological polar surface area (TPSA) is 66.4 Å². The van der Waals surface area contributed by atoms with Crippen molar-refractivity contribution in [3.8, 4) is 0 Å². The van der Waals surface area contributed by atoms with Crippen LogP contribution in [-0.2, 0) is 24.3 Å². The first kappa shape index (κ1) is 9.91. The fourth-order valence-electron chi connectivity index (χ4n) is 0.518. The fraction of sp³-hybridized carbons (Fsp3) is 0.500. The summed E-state index contributed by atoms with van der Waals surface area (Å²) < 4.78 is 0. The number of carboxylic acids is 1. The van der Waals surface area contributed by atoms with E-state index in [4.69, 9.17) is 5.11 Å². The van der Waals surface area contributed by atoms with E-state index in [-0.39, 0.29) is 24.7 Å². The Hall–Kier alpha value is -0.0866. The van der Waals surface area contributed by atoms with Gasteiger partial charge in [0.1, 0.15) is 6.04 Å². The third-order valence-electron chi connectivity index (χ3n) is 0.971. The smallest absolute Gasteiger partial charge is 0.327 e. The van der Waals surface area contributed by atoms with Crippen molar-refractivity contribution >= 4 is 23.0 Å². The first-order valence-corrected chi connectivity index (χ1v) is 3.35. The first-order valence-electron chi connectivity index (χ1n) is 2.36. The Morgan fingerprint density at radius 2 is 2.40 bits per heavy atom. The molecule has 1 aliphatic rings. The Morgan fingerprint density at radius 1 is 1.80 bits per heavy atom. The molecule has 0 bridgehead atoms. The van der Waals surface area contributed by atoms with Crippen molar-refractivity contribution in [2.24, 2.45) is 0 Å². The summed E-state index contributed by atoms with van der Waals surface area (Å²) in [5.41, 5.74) is 0. The zero-order valence-electron chi connectivity index (χ0n) is 5.16. The van der Waals surface area contributed by atoms with Crippen LogP contribution in [0.3, 0.4) is 0 Å². The van der Waals surface area contributed by atoms with Gasteiger partial charge in [0.25, 0.3) is 5.24 Å². The van der Waals surface area contributed by atoms with E-state index in [1.807, 2.05) is 0 Å². The van der Waals surface area contributed by atoms with E-state index in [1.165, 1.54) is 0 Å². The minimum absolute atomic E-state index is 0. The summed E-state index contributed by atoms with van der Waals surface area (Å²) in [6.45, 7) is 0. The number of carboxylic acid groups (broad SMARTS) is 1. The Balaban J connectivity index is 0.000000810. The molecular formula is C4H5NO3SZn. The van der Waals surface area contributed by atoms with Crippen LogP contribution < -0.4 is 5.32 Å². The zero-order chi connectivity index (χ0) is 6.85. The molecule has 0 radical (unpaired) electrons. The third-order valence-corrected chi connectivity index (χ3v) is 1.85. The van der Waals surface area contributed by atoms with Gasteiger partial charge in [-0.15, -0.1) is 0 Å². The number of hydrogen-bond donors (Lipinski definition) is 2. The number of carbonyl (C=O) groups is 2. The minimum Gasteiger partial charge on any atom is -0.480 e. The summed E-state index contributed by atoms with van der Waals surface area (Å²) in [6.07, 6.45) is 0. The molecule has 6 heteroatoms. The van der Waals surface area contributed by atoms with Gasteiger partial charge < -0.3 is 10.4 Å². The fourth-order valence-corrected chi connectivity index (χ4v) is 1.29. The molecule has 0 aromatic rings. The molecule has 52 valence electrons. The molecule has 0 aromatic heterocycles. The number of thioether (sulfide) groups is 1. The van der Waals surface area contributed by atoms with E-state index in [0.29, 0.717) is 5.75 Å². The van der Waals surface area contributed by atoms with Crippen LogP contribution in [0.25, 0.3) is 0 Å². The number of amides is 1. The van der Waals surface area contributed by atoms with Gasteiger partial charge in [-0.1, -0.05) is 11.8 Å². The number of nitrogens with one attached hydrogen (secondary N) is 1. The van der Waals surface area contributed by atoms with Gasteiger partial charge in [0.15, 0.2) is 0 Å². The normalized spacial score (nSPS) is 23.2. The summed E-state index contributed by atoms with van der Waals surface area (Å²) >= 11 is 1.00. The van der Waals surface area contributed by atoms with E-state index in [2.05, 4.69) is 5.32 Å². The van der Waals surface area contributed by atoms with Gasteiger partial charge in [0, 0.05) is 25.2 Å². The second-order valence-corrected chi connectivity index (χ2v) is 2.63. The van der Waals surface area contributed by atoms with Crippen molar-refractivity contribution in [1.29, 1.82) is 0 Å². The number of rotatable bonds is 1. The standard InChI is InChI=1S/C4H5NO3S.Zn/c6-3(7)2-1-9-4(8)5-2;/h2H,1H2,(H,5,8)(H,6,7);. The van der Waals surface area contributed by atoms with E-state index in [9.17, 15) is 9.59 Å². The molecule has 0 aromatic carbocycles. The largest absolute Gasteiger partial charge is 0.480 e. The number of aliphatic carboxylic acids is 1. The van der Waals surface area contributed by atoms with Crippen molar-refractivity contribution in [1.82, 2.24) is 5.32 Å². The Morgan fingerprint density at radius 3 is 2.60 bits per heavy atom. The van der Waals surface area contributed by atoms with Crippen LogP contribution in [0.15, 0.2) is 0 Å². The van der Waals surface area contributed by atoms with Crippen LogP contribution in [0, 0.1) is 0 Å². The van der Waals surface area contributed by atoms with Crippen molar-refractivity contribution < 1.29 is 34.2 Å². The molecule has 0 saturated carbocycles. The maximum absolute atomic E-state index is 10.3. The van der Waals surface area contributed by atoms with Crippen LogP contribution in [0.2, 0.25) is 0 Å². The predicted octanol–water partition coefficient (Wildman–Crippen LogP) is -0.106.